The molecule has 0 bridgehead atoms. The standard InChI is InChI=1S/C34H34N2O5/c1-19-17-27-34(23-12-8-9-13-24(23)35-32(34)39)28(30(37)22-18-20(40-5)15-16-26(22)41-6)29(31(38)33(2,3)4)36(27)25-14-10-7-11-21(19)25/h7-18,27-29H,1-6H3,(H,35,39)/t27-,28+,29+,34-/m1/s1. The van der Waals surface area contributed by atoms with Gasteiger partial charge in [0.2, 0.25) is 5.91 Å². The second kappa shape index (κ2) is 9.33. The van der Waals surface area contributed by atoms with Crippen molar-refractivity contribution < 1.29 is 23.9 Å². The Hall–Kier alpha value is -4.39. The molecule has 4 atom stereocenters. The van der Waals surface area contributed by atoms with Crippen LogP contribution in [-0.4, -0.2) is 43.8 Å². The number of ketones is 2. The summed E-state index contributed by atoms with van der Waals surface area (Å²) in [4.78, 5) is 46.2. The van der Waals surface area contributed by atoms with Crippen LogP contribution in [0, 0.1) is 11.3 Å². The van der Waals surface area contributed by atoms with Gasteiger partial charge in [-0.1, -0.05) is 63.2 Å². The van der Waals surface area contributed by atoms with Crippen LogP contribution in [0.1, 0.15) is 49.2 Å². The van der Waals surface area contributed by atoms with Gasteiger partial charge >= 0.3 is 0 Å². The molecule has 3 aromatic rings. The molecule has 7 heteroatoms. The van der Waals surface area contributed by atoms with Crippen LogP contribution in [-0.2, 0) is 15.0 Å². The van der Waals surface area contributed by atoms with Gasteiger partial charge in [-0.05, 0) is 48.4 Å². The molecule has 3 aliphatic rings. The minimum atomic E-state index is -1.37. The summed E-state index contributed by atoms with van der Waals surface area (Å²) in [6.45, 7) is 7.61. The topological polar surface area (TPSA) is 84.9 Å². The number of allylic oxidation sites excluding steroid dienone is 1. The van der Waals surface area contributed by atoms with Gasteiger partial charge in [0.25, 0.3) is 0 Å². The summed E-state index contributed by atoms with van der Waals surface area (Å²) < 4.78 is 11.1. The maximum absolute atomic E-state index is 15.1. The van der Waals surface area contributed by atoms with E-state index in [0.29, 0.717) is 22.7 Å². The molecule has 0 radical (unpaired) electrons. The number of hydrogen-bond acceptors (Lipinski definition) is 6. The fraction of sp³-hybridized carbons (Fsp3) is 0.324. The molecule has 0 unspecified atom stereocenters. The Bertz CT molecular complexity index is 1630. The van der Waals surface area contributed by atoms with Crippen molar-refractivity contribution in [2.45, 2.75) is 45.2 Å². The number of anilines is 2. The molecule has 1 amide bonds. The summed E-state index contributed by atoms with van der Waals surface area (Å²) in [6.07, 6.45) is 2.06. The number of methoxy groups -OCH3 is 2. The zero-order valence-corrected chi connectivity index (χ0v) is 24.1. The highest BCUT2D eigenvalue weighted by atomic mass is 16.5. The lowest BCUT2D eigenvalue weighted by Crippen LogP contribution is -2.51. The first kappa shape index (κ1) is 26.8. The zero-order valence-electron chi connectivity index (χ0n) is 24.1. The maximum atomic E-state index is 15.1. The molecule has 3 aliphatic heterocycles. The molecular formula is C34H34N2O5. The molecule has 210 valence electrons. The number of hydrogen-bond donors (Lipinski definition) is 1. The van der Waals surface area contributed by atoms with Gasteiger partial charge in [0, 0.05) is 22.4 Å². The Morgan fingerprint density at radius 2 is 1.66 bits per heavy atom. The third kappa shape index (κ3) is 3.68. The summed E-state index contributed by atoms with van der Waals surface area (Å²) in [5.74, 6) is -0.958. The van der Waals surface area contributed by atoms with E-state index in [2.05, 4.69) is 11.4 Å². The number of fused-ring (bicyclic) bond motifs is 6. The lowest BCUT2D eigenvalue weighted by Gasteiger charge is -2.39. The minimum Gasteiger partial charge on any atom is -0.497 e. The number of nitrogens with one attached hydrogen (secondary N) is 1. The average molecular weight is 551 g/mol. The van der Waals surface area contributed by atoms with Gasteiger partial charge in [-0.25, -0.2) is 0 Å². The number of benzene rings is 3. The Labute approximate surface area is 240 Å². The van der Waals surface area contributed by atoms with E-state index < -0.39 is 28.8 Å². The van der Waals surface area contributed by atoms with Crippen molar-refractivity contribution in [1.82, 2.24) is 0 Å². The Kier molecular flexibility index (Phi) is 6.10. The van der Waals surface area contributed by atoms with Gasteiger partial charge in [0.1, 0.15) is 23.0 Å². The first-order chi connectivity index (χ1) is 19.5. The predicted molar refractivity (Wildman–Crippen MR) is 159 cm³/mol. The van der Waals surface area contributed by atoms with Gasteiger partial charge in [-0.2, -0.15) is 0 Å². The van der Waals surface area contributed by atoms with Crippen LogP contribution < -0.4 is 19.7 Å². The monoisotopic (exact) mass is 550 g/mol. The van der Waals surface area contributed by atoms with E-state index in [1.54, 1.807) is 18.2 Å². The molecule has 0 aromatic heterocycles. The van der Waals surface area contributed by atoms with Crippen LogP contribution in [0.25, 0.3) is 5.57 Å². The van der Waals surface area contributed by atoms with E-state index >= 15 is 4.79 Å². The van der Waals surface area contributed by atoms with E-state index in [-0.39, 0.29) is 23.0 Å². The largest absolute Gasteiger partial charge is 0.497 e. The number of rotatable bonds is 5. The average Bonchev–Trinajstić information content (AvgIpc) is 3.43. The van der Waals surface area contributed by atoms with Gasteiger partial charge < -0.3 is 19.7 Å². The number of carbonyl (C=O) groups is 3. The number of ether oxygens (including phenoxy) is 2. The highest BCUT2D eigenvalue weighted by Gasteiger charge is 2.71. The molecule has 1 N–H and O–H groups in total. The number of amides is 1. The lowest BCUT2D eigenvalue weighted by atomic mass is 9.63. The Morgan fingerprint density at radius 3 is 2.37 bits per heavy atom. The van der Waals surface area contributed by atoms with Crippen LogP contribution in [0.15, 0.2) is 72.8 Å². The van der Waals surface area contributed by atoms with E-state index in [9.17, 15) is 9.59 Å². The summed E-state index contributed by atoms with van der Waals surface area (Å²) in [5, 5.41) is 3.07. The summed E-state index contributed by atoms with van der Waals surface area (Å²) >= 11 is 0. The van der Waals surface area contributed by atoms with E-state index in [0.717, 1.165) is 16.8 Å². The van der Waals surface area contributed by atoms with E-state index in [4.69, 9.17) is 9.47 Å². The lowest BCUT2D eigenvalue weighted by molar-refractivity contribution is -0.128. The molecule has 1 fully saturated rings. The second-order valence-electron chi connectivity index (χ2n) is 12.1. The Balaban J connectivity index is 1.72. The molecule has 41 heavy (non-hydrogen) atoms. The van der Waals surface area contributed by atoms with E-state index in [1.165, 1.54) is 14.2 Å². The van der Waals surface area contributed by atoms with Crippen LogP contribution >= 0.6 is 0 Å². The fourth-order valence-corrected chi connectivity index (χ4v) is 7.01. The molecule has 6 rings (SSSR count). The van der Waals surface area contributed by atoms with E-state index in [1.807, 2.05) is 81.1 Å². The fourth-order valence-electron chi connectivity index (χ4n) is 7.01. The first-order valence-corrected chi connectivity index (χ1v) is 13.8. The van der Waals surface area contributed by atoms with Crippen molar-refractivity contribution in [2.75, 3.05) is 24.4 Å². The van der Waals surface area contributed by atoms with Crippen LogP contribution in [0.2, 0.25) is 0 Å². The minimum absolute atomic E-state index is 0.112. The van der Waals surface area contributed by atoms with Crippen molar-refractivity contribution >= 4 is 34.4 Å². The normalized spacial score (nSPS) is 24.2. The number of para-hydroxylation sites is 2. The van der Waals surface area contributed by atoms with Crippen LogP contribution in [0.3, 0.4) is 0 Å². The molecule has 0 aliphatic carbocycles. The molecule has 7 nitrogen and oxygen atoms in total. The molecular weight excluding hydrogens is 516 g/mol. The molecule has 0 saturated carbocycles. The SMILES string of the molecule is COc1ccc(OC)c(C(=O)[C@@H]2[C@@H](C(=O)C(C)(C)C)N3c4ccccc4C(C)=C[C@@H]3[C@@]23C(=O)Nc2ccccc23)c1. The number of carbonyl (C=O) groups excluding carboxylic acids is 3. The molecule has 1 spiro atoms. The second-order valence-corrected chi connectivity index (χ2v) is 12.1. The summed E-state index contributed by atoms with van der Waals surface area (Å²) in [7, 11) is 3.04. The molecule has 3 heterocycles. The summed E-state index contributed by atoms with van der Waals surface area (Å²) in [5.41, 5.74) is 2.28. The van der Waals surface area contributed by atoms with Gasteiger partial charge in [0.15, 0.2) is 11.6 Å². The highest BCUT2D eigenvalue weighted by molar-refractivity contribution is 6.17. The smallest absolute Gasteiger partial charge is 0.238 e. The third-order valence-electron chi connectivity index (χ3n) is 8.85. The summed E-state index contributed by atoms with van der Waals surface area (Å²) in [6, 6.07) is 18.9. The van der Waals surface area contributed by atoms with Crippen molar-refractivity contribution in [3.8, 4) is 11.5 Å². The third-order valence-corrected chi connectivity index (χ3v) is 8.85. The Morgan fingerprint density at radius 1 is 0.951 bits per heavy atom. The van der Waals surface area contributed by atoms with Crippen molar-refractivity contribution in [3.05, 3.63) is 89.5 Å². The van der Waals surface area contributed by atoms with Gasteiger partial charge in [-0.15, -0.1) is 0 Å². The van der Waals surface area contributed by atoms with Crippen LogP contribution in [0.5, 0.6) is 11.5 Å². The predicted octanol–water partition coefficient (Wildman–Crippen LogP) is 5.68. The quantitative estimate of drug-likeness (QED) is 0.412. The van der Waals surface area contributed by atoms with Crippen molar-refractivity contribution in [1.29, 1.82) is 0 Å². The maximum Gasteiger partial charge on any atom is 0.238 e. The molecule has 3 aromatic carbocycles. The number of Topliss-reactive ketones (excluding diaryl/α,β-unsaturated/α-hetero) is 2. The first-order valence-electron chi connectivity index (χ1n) is 13.8. The highest BCUT2D eigenvalue weighted by Crippen LogP contribution is 2.59. The zero-order chi connectivity index (χ0) is 29.3. The van der Waals surface area contributed by atoms with Crippen molar-refractivity contribution in [3.63, 3.8) is 0 Å². The number of nitrogens with zero attached hydrogens (tertiary/aromatic N) is 1. The van der Waals surface area contributed by atoms with Gasteiger partial charge in [-0.3, -0.25) is 14.4 Å². The van der Waals surface area contributed by atoms with Crippen molar-refractivity contribution in [2.24, 2.45) is 11.3 Å². The van der Waals surface area contributed by atoms with Crippen LogP contribution in [0.4, 0.5) is 11.4 Å². The van der Waals surface area contributed by atoms with Gasteiger partial charge in [0.05, 0.1) is 31.7 Å². The molecule has 1 saturated heterocycles.